The number of nitrogens with zero attached hydrogens (tertiary/aromatic N) is 1. The summed E-state index contributed by atoms with van der Waals surface area (Å²) in [6.07, 6.45) is 0. The van der Waals surface area contributed by atoms with E-state index in [4.69, 9.17) is 0 Å². The van der Waals surface area contributed by atoms with Crippen molar-refractivity contribution in [3.8, 4) is 0 Å². The molecule has 2 aromatic rings. The Labute approximate surface area is 135 Å². The van der Waals surface area contributed by atoms with Crippen LogP contribution in [0.2, 0.25) is 0 Å². The minimum Gasteiger partial charge on any atom is -0.350 e. The van der Waals surface area contributed by atoms with Crippen LogP contribution in [0.1, 0.15) is 26.3 Å². The summed E-state index contributed by atoms with van der Waals surface area (Å²) in [4.78, 5) is 37.0. The van der Waals surface area contributed by atoms with E-state index in [0.717, 1.165) is 11.0 Å². The second-order valence-corrected chi connectivity index (χ2v) is 5.25. The molecule has 0 aliphatic carbocycles. The predicted molar refractivity (Wildman–Crippen MR) is 80.0 cm³/mol. The average Bonchev–Trinajstić information content (AvgIpc) is 2.79. The SMILES string of the molecule is O=C(CN1C(=O)c2ccccc2C1=O)NCc1ccc(F)cc1F. The van der Waals surface area contributed by atoms with Crippen LogP contribution < -0.4 is 5.32 Å². The van der Waals surface area contributed by atoms with Crippen LogP contribution in [0.3, 0.4) is 0 Å². The smallest absolute Gasteiger partial charge is 0.262 e. The van der Waals surface area contributed by atoms with E-state index in [1.54, 1.807) is 12.1 Å². The molecule has 2 aromatic carbocycles. The van der Waals surface area contributed by atoms with Crippen molar-refractivity contribution in [1.29, 1.82) is 0 Å². The monoisotopic (exact) mass is 330 g/mol. The molecule has 0 saturated heterocycles. The summed E-state index contributed by atoms with van der Waals surface area (Å²) >= 11 is 0. The zero-order valence-corrected chi connectivity index (χ0v) is 12.4. The van der Waals surface area contributed by atoms with Crippen molar-refractivity contribution >= 4 is 17.7 Å². The van der Waals surface area contributed by atoms with E-state index in [2.05, 4.69) is 5.32 Å². The number of nitrogens with one attached hydrogen (secondary N) is 1. The lowest BCUT2D eigenvalue weighted by atomic mass is 10.1. The van der Waals surface area contributed by atoms with Crippen molar-refractivity contribution < 1.29 is 23.2 Å². The number of fused-ring (bicyclic) bond motifs is 1. The molecular formula is C17H12F2N2O3. The Morgan fingerprint density at radius 1 is 1.00 bits per heavy atom. The lowest BCUT2D eigenvalue weighted by Crippen LogP contribution is -2.40. The number of carbonyl (C=O) groups is 3. The van der Waals surface area contributed by atoms with Crippen molar-refractivity contribution in [2.45, 2.75) is 6.54 Å². The number of hydrogen-bond donors (Lipinski definition) is 1. The Morgan fingerprint density at radius 2 is 1.62 bits per heavy atom. The first kappa shape index (κ1) is 15.8. The molecule has 0 radical (unpaired) electrons. The largest absolute Gasteiger partial charge is 0.350 e. The zero-order valence-electron chi connectivity index (χ0n) is 12.4. The summed E-state index contributed by atoms with van der Waals surface area (Å²) in [6, 6.07) is 9.30. The molecule has 0 spiro atoms. The third kappa shape index (κ3) is 2.88. The van der Waals surface area contributed by atoms with E-state index in [-0.39, 0.29) is 23.2 Å². The van der Waals surface area contributed by atoms with Gasteiger partial charge in [-0.25, -0.2) is 8.78 Å². The summed E-state index contributed by atoms with van der Waals surface area (Å²) < 4.78 is 26.3. The van der Waals surface area contributed by atoms with Gasteiger partial charge in [-0.15, -0.1) is 0 Å². The lowest BCUT2D eigenvalue weighted by molar-refractivity contribution is -0.121. The molecule has 0 atom stereocenters. The first-order valence-corrected chi connectivity index (χ1v) is 7.13. The van der Waals surface area contributed by atoms with Crippen LogP contribution in [0.5, 0.6) is 0 Å². The van der Waals surface area contributed by atoms with Crippen molar-refractivity contribution in [2.75, 3.05) is 6.54 Å². The molecular weight excluding hydrogens is 318 g/mol. The van der Waals surface area contributed by atoms with Gasteiger partial charge in [0.05, 0.1) is 11.1 Å². The molecule has 7 heteroatoms. The molecule has 1 N–H and O–H groups in total. The molecule has 122 valence electrons. The van der Waals surface area contributed by atoms with Gasteiger partial charge in [0.25, 0.3) is 11.8 Å². The Morgan fingerprint density at radius 3 is 2.21 bits per heavy atom. The second-order valence-electron chi connectivity index (χ2n) is 5.25. The van der Waals surface area contributed by atoms with Crippen molar-refractivity contribution in [3.63, 3.8) is 0 Å². The maximum atomic E-state index is 13.5. The van der Waals surface area contributed by atoms with Gasteiger partial charge in [0.15, 0.2) is 0 Å². The van der Waals surface area contributed by atoms with Crippen molar-refractivity contribution in [2.24, 2.45) is 0 Å². The highest BCUT2D eigenvalue weighted by Gasteiger charge is 2.36. The number of benzene rings is 2. The molecule has 0 unspecified atom stereocenters. The van der Waals surface area contributed by atoms with Gasteiger partial charge in [0, 0.05) is 18.2 Å². The standard InChI is InChI=1S/C17H12F2N2O3/c18-11-6-5-10(14(19)7-11)8-20-15(22)9-21-16(23)12-3-1-2-4-13(12)17(21)24/h1-7H,8-9H2,(H,20,22). The Kier molecular flexibility index (Phi) is 4.07. The fourth-order valence-electron chi connectivity index (χ4n) is 2.44. The minimum absolute atomic E-state index is 0.104. The maximum Gasteiger partial charge on any atom is 0.262 e. The van der Waals surface area contributed by atoms with E-state index in [9.17, 15) is 23.2 Å². The number of hydrogen-bond acceptors (Lipinski definition) is 3. The van der Waals surface area contributed by atoms with Crippen molar-refractivity contribution in [3.05, 3.63) is 70.8 Å². The molecule has 0 aromatic heterocycles. The number of carbonyl (C=O) groups excluding carboxylic acids is 3. The number of halogens is 2. The molecule has 3 amide bonds. The quantitative estimate of drug-likeness (QED) is 0.871. The summed E-state index contributed by atoms with van der Waals surface area (Å²) in [6.45, 7) is -0.636. The fourth-order valence-corrected chi connectivity index (χ4v) is 2.44. The Balaban J connectivity index is 1.64. The highest BCUT2D eigenvalue weighted by molar-refractivity contribution is 6.22. The molecule has 3 rings (SSSR count). The van der Waals surface area contributed by atoms with E-state index < -0.39 is 35.9 Å². The van der Waals surface area contributed by atoms with Crippen LogP contribution in [0.25, 0.3) is 0 Å². The topological polar surface area (TPSA) is 66.5 Å². The summed E-state index contributed by atoms with van der Waals surface area (Å²) in [5, 5.41) is 2.41. The molecule has 1 aliphatic heterocycles. The van der Waals surface area contributed by atoms with Gasteiger partial charge < -0.3 is 5.32 Å². The van der Waals surface area contributed by atoms with Crippen LogP contribution in [-0.4, -0.2) is 29.2 Å². The van der Waals surface area contributed by atoms with E-state index in [1.807, 2.05) is 0 Å². The van der Waals surface area contributed by atoms with Gasteiger partial charge in [-0.2, -0.15) is 0 Å². The molecule has 5 nitrogen and oxygen atoms in total. The molecule has 0 bridgehead atoms. The Hall–Kier alpha value is -3.09. The summed E-state index contributed by atoms with van der Waals surface area (Å²) in [5.74, 6) is -3.20. The Bertz CT molecular complexity index is 816. The van der Waals surface area contributed by atoms with Gasteiger partial charge in [-0.3, -0.25) is 19.3 Å². The lowest BCUT2D eigenvalue weighted by Gasteiger charge is -2.13. The average molecular weight is 330 g/mol. The normalized spacial score (nSPS) is 13.2. The fraction of sp³-hybridized carbons (Fsp3) is 0.118. The van der Waals surface area contributed by atoms with E-state index in [1.165, 1.54) is 18.2 Å². The highest BCUT2D eigenvalue weighted by Crippen LogP contribution is 2.21. The van der Waals surface area contributed by atoms with Crippen LogP contribution in [-0.2, 0) is 11.3 Å². The molecule has 1 heterocycles. The number of amides is 3. The van der Waals surface area contributed by atoms with Crippen LogP contribution in [0, 0.1) is 11.6 Å². The van der Waals surface area contributed by atoms with Gasteiger partial charge in [0.2, 0.25) is 5.91 Å². The van der Waals surface area contributed by atoms with Crippen molar-refractivity contribution in [1.82, 2.24) is 10.2 Å². The first-order chi connectivity index (χ1) is 11.5. The predicted octanol–water partition coefficient (Wildman–Crippen LogP) is 1.88. The molecule has 0 saturated carbocycles. The van der Waals surface area contributed by atoms with Crippen LogP contribution in [0.4, 0.5) is 8.78 Å². The molecule has 1 aliphatic rings. The third-order valence-corrected chi connectivity index (χ3v) is 3.67. The number of rotatable bonds is 4. The second kappa shape index (κ2) is 6.19. The summed E-state index contributed by atoms with van der Waals surface area (Å²) in [7, 11) is 0. The van der Waals surface area contributed by atoms with Gasteiger partial charge >= 0.3 is 0 Å². The summed E-state index contributed by atoms with van der Waals surface area (Å²) in [5.41, 5.74) is 0.604. The van der Waals surface area contributed by atoms with Gasteiger partial charge in [-0.1, -0.05) is 18.2 Å². The first-order valence-electron chi connectivity index (χ1n) is 7.13. The van der Waals surface area contributed by atoms with E-state index >= 15 is 0 Å². The maximum absolute atomic E-state index is 13.5. The van der Waals surface area contributed by atoms with Gasteiger partial charge in [-0.05, 0) is 18.2 Å². The molecule has 0 fully saturated rings. The zero-order chi connectivity index (χ0) is 17.3. The number of imide groups is 1. The van der Waals surface area contributed by atoms with E-state index in [0.29, 0.717) is 6.07 Å². The highest BCUT2D eigenvalue weighted by atomic mass is 19.1. The molecule has 24 heavy (non-hydrogen) atoms. The third-order valence-electron chi connectivity index (χ3n) is 3.67. The van der Waals surface area contributed by atoms with Gasteiger partial charge in [0.1, 0.15) is 18.2 Å². The minimum atomic E-state index is -0.781. The van der Waals surface area contributed by atoms with Crippen LogP contribution >= 0.6 is 0 Å². The van der Waals surface area contributed by atoms with Crippen LogP contribution in [0.15, 0.2) is 42.5 Å².